The highest BCUT2D eigenvalue weighted by Gasteiger charge is 2.31. The highest BCUT2D eigenvalue weighted by atomic mass is 79.9. The first-order chi connectivity index (χ1) is 8.79. The normalized spacial score (nSPS) is 11.6. The van der Waals surface area contributed by atoms with E-state index >= 15 is 0 Å². The van der Waals surface area contributed by atoms with E-state index in [-0.39, 0.29) is 10.6 Å². The Hall–Kier alpha value is -1.41. The molecule has 1 heterocycles. The first kappa shape index (κ1) is 14.0. The van der Waals surface area contributed by atoms with Crippen molar-refractivity contribution in [2.24, 2.45) is 5.73 Å². The van der Waals surface area contributed by atoms with Crippen molar-refractivity contribution in [1.29, 1.82) is 0 Å². The van der Waals surface area contributed by atoms with E-state index < -0.39 is 11.7 Å². The van der Waals surface area contributed by atoms with Crippen LogP contribution in [-0.4, -0.2) is 14.8 Å². The van der Waals surface area contributed by atoms with Crippen LogP contribution in [0.1, 0.15) is 11.1 Å². The molecule has 1 aromatic carbocycles. The molecule has 1 aromatic heterocycles. The van der Waals surface area contributed by atoms with E-state index in [0.29, 0.717) is 10.2 Å². The van der Waals surface area contributed by atoms with Crippen LogP contribution < -0.4 is 5.73 Å². The van der Waals surface area contributed by atoms with Gasteiger partial charge >= 0.3 is 6.18 Å². The average Bonchev–Trinajstić information content (AvgIpc) is 2.73. The predicted molar refractivity (Wildman–Crippen MR) is 72.2 cm³/mol. The molecule has 0 unspecified atom stereocenters. The lowest BCUT2D eigenvalue weighted by molar-refractivity contribution is -0.137. The third kappa shape index (κ3) is 2.95. The number of benzene rings is 1. The fraction of sp³-hybridized carbons (Fsp3) is 0.0909. The second kappa shape index (κ2) is 4.93. The Morgan fingerprint density at radius 2 is 2.05 bits per heavy atom. The molecule has 0 aliphatic rings. The molecule has 0 spiro atoms. The van der Waals surface area contributed by atoms with E-state index in [1.54, 1.807) is 6.20 Å². The van der Waals surface area contributed by atoms with E-state index in [9.17, 15) is 13.2 Å². The largest absolute Gasteiger partial charge is 0.416 e. The molecule has 100 valence electrons. The molecule has 19 heavy (non-hydrogen) atoms. The molecule has 0 radical (unpaired) electrons. The Balaban J connectivity index is 2.60. The molecule has 0 amide bonds. The zero-order valence-electron chi connectivity index (χ0n) is 9.28. The van der Waals surface area contributed by atoms with Crippen LogP contribution in [0.25, 0.3) is 5.69 Å². The molecular formula is C11H7BrF3N3S. The molecule has 0 aliphatic heterocycles. The molecular weight excluding hydrogens is 343 g/mol. The highest BCUT2D eigenvalue weighted by Crippen LogP contribution is 2.31. The SMILES string of the molecule is NC(=S)c1cc(C(F)(F)F)ccc1-n1cc(Br)cn1. The third-order valence-corrected chi connectivity index (χ3v) is 3.02. The lowest BCUT2D eigenvalue weighted by Gasteiger charge is -2.12. The first-order valence-corrected chi connectivity index (χ1v) is 6.21. The number of nitrogens with zero attached hydrogens (tertiary/aromatic N) is 2. The monoisotopic (exact) mass is 349 g/mol. The van der Waals surface area contributed by atoms with Gasteiger partial charge in [-0.25, -0.2) is 4.68 Å². The molecule has 2 aromatic rings. The minimum absolute atomic E-state index is 0.118. The van der Waals surface area contributed by atoms with Gasteiger partial charge in [-0.2, -0.15) is 18.3 Å². The standard InChI is InChI=1S/C11H7BrF3N3S/c12-7-4-17-18(5-7)9-2-1-6(11(13,14)15)3-8(9)10(16)19/h1-5H,(H2,16,19). The molecule has 3 nitrogen and oxygen atoms in total. The van der Waals surface area contributed by atoms with E-state index in [2.05, 4.69) is 21.0 Å². The first-order valence-electron chi connectivity index (χ1n) is 5.00. The summed E-state index contributed by atoms with van der Waals surface area (Å²) in [6, 6.07) is 3.18. The summed E-state index contributed by atoms with van der Waals surface area (Å²) in [5.74, 6) is 0. The number of hydrogen-bond acceptors (Lipinski definition) is 2. The molecule has 0 fully saturated rings. The maximum atomic E-state index is 12.7. The maximum Gasteiger partial charge on any atom is 0.416 e. The van der Waals surface area contributed by atoms with Crippen molar-refractivity contribution >= 4 is 33.1 Å². The summed E-state index contributed by atoms with van der Waals surface area (Å²) in [6.07, 6.45) is -1.33. The van der Waals surface area contributed by atoms with Crippen LogP contribution in [0.5, 0.6) is 0 Å². The summed E-state index contributed by atoms with van der Waals surface area (Å²) in [7, 11) is 0. The summed E-state index contributed by atoms with van der Waals surface area (Å²) in [5.41, 5.74) is 5.20. The van der Waals surface area contributed by atoms with Gasteiger partial charge in [-0.15, -0.1) is 0 Å². The van der Waals surface area contributed by atoms with Crippen molar-refractivity contribution in [3.63, 3.8) is 0 Å². The Labute approximate surface area is 120 Å². The fourth-order valence-corrected chi connectivity index (χ4v) is 1.99. The lowest BCUT2D eigenvalue weighted by atomic mass is 10.1. The third-order valence-electron chi connectivity index (χ3n) is 2.39. The second-order valence-electron chi connectivity index (χ2n) is 3.70. The summed E-state index contributed by atoms with van der Waals surface area (Å²) in [6.45, 7) is 0. The Kier molecular flexibility index (Phi) is 3.64. The van der Waals surface area contributed by atoms with Gasteiger partial charge in [-0.3, -0.25) is 0 Å². The topological polar surface area (TPSA) is 43.8 Å². The van der Waals surface area contributed by atoms with Gasteiger partial charge in [0.25, 0.3) is 0 Å². The molecule has 0 saturated carbocycles. The zero-order valence-corrected chi connectivity index (χ0v) is 11.7. The number of hydrogen-bond donors (Lipinski definition) is 1. The van der Waals surface area contributed by atoms with Crippen molar-refractivity contribution in [3.05, 3.63) is 46.2 Å². The Morgan fingerprint density at radius 1 is 1.37 bits per heavy atom. The summed E-state index contributed by atoms with van der Waals surface area (Å²) >= 11 is 8.01. The molecule has 0 saturated heterocycles. The van der Waals surface area contributed by atoms with Gasteiger partial charge in [0.15, 0.2) is 0 Å². The van der Waals surface area contributed by atoms with Crippen molar-refractivity contribution in [2.45, 2.75) is 6.18 Å². The van der Waals surface area contributed by atoms with E-state index in [4.69, 9.17) is 18.0 Å². The number of rotatable bonds is 2. The van der Waals surface area contributed by atoms with Gasteiger partial charge in [-0.05, 0) is 34.1 Å². The molecule has 0 bridgehead atoms. The van der Waals surface area contributed by atoms with Crippen molar-refractivity contribution in [2.75, 3.05) is 0 Å². The number of thiocarbonyl (C=S) groups is 1. The van der Waals surface area contributed by atoms with Gasteiger partial charge < -0.3 is 5.73 Å². The predicted octanol–water partition coefficient (Wildman–Crippen LogP) is 3.29. The van der Waals surface area contributed by atoms with Crippen LogP contribution in [-0.2, 0) is 6.18 Å². The van der Waals surface area contributed by atoms with Crippen molar-refractivity contribution in [3.8, 4) is 5.69 Å². The zero-order chi connectivity index (χ0) is 14.2. The van der Waals surface area contributed by atoms with Crippen molar-refractivity contribution in [1.82, 2.24) is 9.78 Å². The van der Waals surface area contributed by atoms with E-state index in [1.807, 2.05) is 0 Å². The van der Waals surface area contributed by atoms with Crippen LogP contribution >= 0.6 is 28.1 Å². The average molecular weight is 350 g/mol. The lowest BCUT2D eigenvalue weighted by Crippen LogP contribution is -2.16. The molecule has 0 atom stereocenters. The smallest absolute Gasteiger partial charge is 0.389 e. The van der Waals surface area contributed by atoms with Crippen LogP contribution in [0.4, 0.5) is 13.2 Å². The van der Waals surface area contributed by atoms with Crippen LogP contribution in [0.2, 0.25) is 0 Å². The van der Waals surface area contributed by atoms with Gasteiger partial charge in [-0.1, -0.05) is 12.2 Å². The van der Waals surface area contributed by atoms with Gasteiger partial charge in [0.2, 0.25) is 0 Å². The minimum atomic E-state index is -4.44. The molecule has 2 rings (SSSR count). The van der Waals surface area contributed by atoms with Gasteiger partial charge in [0.1, 0.15) is 4.99 Å². The maximum absolute atomic E-state index is 12.7. The molecule has 8 heteroatoms. The number of nitrogens with two attached hydrogens (primary N) is 1. The van der Waals surface area contributed by atoms with Crippen LogP contribution in [0.15, 0.2) is 35.1 Å². The number of halogens is 4. The van der Waals surface area contributed by atoms with E-state index in [0.717, 1.165) is 12.1 Å². The Morgan fingerprint density at radius 3 is 2.53 bits per heavy atom. The Bertz CT molecular complexity index is 636. The van der Waals surface area contributed by atoms with Crippen LogP contribution in [0.3, 0.4) is 0 Å². The quantitative estimate of drug-likeness (QED) is 0.846. The molecule has 0 aliphatic carbocycles. The highest BCUT2D eigenvalue weighted by molar-refractivity contribution is 9.10. The van der Waals surface area contributed by atoms with E-state index in [1.165, 1.54) is 16.9 Å². The number of alkyl halides is 3. The molecule has 2 N–H and O–H groups in total. The number of aromatic nitrogens is 2. The van der Waals surface area contributed by atoms with Gasteiger partial charge in [0.05, 0.1) is 21.9 Å². The fourth-order valence-electron chi connectivity index (χ4n) is 1.54. The van der Waals surface area contributed by atoms with Crippen molar-refractivity contribution < 1.29 is 13.2 Å². The summed E-state index contributed by atoms with van der Waals surface area (Å²) < 4.78 is 40.1. The minimum Gasteiger partial charge on any atom is -0.389 e. The summed E-state index contributed by atoms with van der Waals surface area (Å²) in [5, 5.41) is 3.99. The van der Waals surface area contributed by atoms with Crippen LogP contribution in [0, 0.1) is 0 Å². The van der Waals surface area contributed by atoms with Gasteiger partial charge in [0, 0.05) is 11.8 Å². The summed E-state index contributed by atoms with van der Waals surface area (Å²) in [4.78, 5) is -0.118. The second-order valence-corrected chi connectivity index (χ2v) is 5.05.